The number of carbonyl (C=O) groups is 2. The van der Waals surface area contributed by atoms with Crippen LogP contribution in [0.3, 0.4) is 0 Å². The normalized spacial score (nSPS) is 11.6. The van der Waals surface area contributed by atoms with Crippen LogP contribution in [-0.4, -0.2) is 22.2 Å². The molecule has 0 saturated heterocycles. The van der Waals surface area contributed by atoms with Crippen LogP contribution in [-0.2, 0) is 0 Å². The van der Waals surface area contributed by atoms with E-state index in [-0.39, 0.29) is 0 Å². The van der Waals surface area contributed by atoms with Crippen LogP contribution in [0, 0.1) is 0 Å². The summed E-state index contributed by atoms with van der Waals surface area (Å²) in [5.41, 5.74) is 0.733. The first-order valence-corrected chi connectivity index (χ1v) is 12.3. The van der Waals surface area contributed by atoms with E-state index in [0.29, 0.717) is 11.1 Å². The molecule has 2 N–H and O–H groups in total. The van der Waals surface area contributed by atoms with Crippen molar-refractivity contribution >= 4 is 76.6 Å². The molecule has 0 fully saturated rings. The molecule has 0 unspecified atom stereocenters. The SMILES string of the molecule is O=C(O)c1ccc2ccc3cccc4ccc1c2c34.O=C(O)c1ccc2ccc3cccc4ccc1c2c34. The Morgan fingerprint density at radius 2 is 0.658 bits per heavy atom. The maximum Gasteiger partial charge on any atom is 0.336 e. The molecule has 0 aliphatic carbocycles. The predicted octanol–water partition coefficient (Wildman–Crippen LogP) is 8.56. The second-order valence-corrected chi connectivity index (χ2v) is 9.55. The first-order chi connectivity index (χ1) is 18.5. The molecule has 0 radical (unpaired) electrons. The topological polar surface area (TPSA) is 74.6 Å². The van der Waals surface area contributed by atoms with E-state index in [1.165, 1.54) is 0 Å². The van der Waals surface area contributed by atoms with Crippen molar-refractivity contribution in [3.05, 3.63) is 120 Å². The van der Waals surface area contributed by atoms with Crippen molar-refractivity contribution in [1.82, 2.24) is 0 Å². The van der Waals surface area contributed by atoms with Gasteiger partial charge in [-0.2, -0.15) is 0 Å². The highest BCUT2D eigenvalue weighted by Gasteiger charge is 2.15. The lowest BCUT2D eigenvalue weighted by molar-refractivity contribution is 0.0688. The molecular formula is C34H20O4. The molecule has 0 spiro atoms. The van der Waals surface area contributed by atoms with E-state index in [9.17, 15) is 19.8 Å². The quantitative estimate of drug-likeness (QED) is 0.237. The summed E-state index contributed by atoms with van der Waals surface area (Å²) in [6.07, 6.45) is 0. The Bertz CT molecular complexity index is 2000. The Morgan fingerprint density at radius 3 is 1.00 bits per heavy atom. The predicted molar refractivity (Wildman–Crippen MR) is 154 cm³/mol. The standard InChI is InChI=1S/2C17H10O2/c2*18-17(19)14-9-7-12-5-4-10-2-1-3-11-6-8-13(14)16(12)15(10)11/h2*1-9H,(H,18,19). The zero-order valence-electron chi connectivity index (χ0n) is 20.1. The average molecular weight is 493 g/mol. The van der Waals surface area contributed by atoms with Gasteiger partial charge in [-0.3, -0.25) is 0 Å². The molecular weight excluding hydrogens is 472 g/mol. The molecule has 0 bridgehead atoms. The zero-order chi connectivity index (χ0) is 26.0. The van der Waals surface area contributed by atoms with Crippen molar-refractivity contribution in [1.29, 1.82) is 0 Å². The summed E-state index contributed by atoms with van der Waals surface area (Å²) in [5, 5.41) is 31.4. The van der Waals surface area contributed by atoms with E-state index in [4.69, 9.17) is 0 Å². The molecule has 8 aromatic carbocycles. The van der Waals surface area contributed by atoms with E-state index in [2.05, 4.69) is 48.5 Å². The van der Waals surface area contributed by atoms with Crippen molar-refractivity contribution in [2.45, 2.75) is 0 Å². The van der Waals surface area contributed by atoms with Crippen LogP contribution in [0.4, 0.5) is 0 Å². The fourth-order valence-electron chi connectivity index (χ4n) is 5.84. The van der Waals surface area contributed by atoms with Crippen molar-refractivity contribution in [3.63, 3.8) is 0 Å². The van der Waals surface area contributed by atoms with E-state index in [0.717, 1.165) is 64.6 Å². The van der Waals surface area contributed by atoms with Gasteiger partial charge in [-0.1, -0.05) is 97.1 Å². The maximum absolute atomic E-state index is 11.3. The number of aromatic carboxylic acids is 2. The summed E-state index contributed by atoms with van der Waals surface area (Å²) in [5.74, 6) is -1.75. The zero-order valence-corrected chi connectivity index (χ0v) is 20.1. The monoisotopic (exact) mass is 492 g/mol. The van der Waals surface area contributed by atoms with Gasteiger partial charge < -0.3 is 10.2 Å². The van der Waals surface area contributed by atoms with Gasteiger partial charge in [0.2, 0.25) is 0 Å². The molecule has 0 amide bonds. The lowest BCUT2D eigenvalue weighted by atomic mass is 9.92. The van der Waals surface area contributed by atoms with Gasteiger partial charge in [0.25, 0.3) is 0 Å². The second-order valence-electron chi connectivity index (χ2n) is 9.55. The maximum atomic E-state index is 11.3. The van der Waals surface area contributed by atoms with Crippen LogP contribution in [0.5, 0.6) is 0 Å². The average Bonchev–Trinajstić information content (AvgIpc) is 2.94. The molecule has 4 nitrogen and oxygen atoms in total. The van der Waals surface area contributed by atoms with Gasteiger partial charge in [-0.05, 0) is 76.8 Å². The van der Waals surface area contributed by atoms with Crippen molar-refractivity contribution in [3.8, 4) is 0 Å². The Morgan fingerprint density at radius 1 is 0.368 bits per heavy atom. The molecule has 4 heteroatoms. The van der Waals surface area contributed by atoms with Crippen LogP contribution >= 0.6 is 0 Å². The summed E-state index contributed by atoms with van der Waals surface area (Å²) in [6.45, 7) is 0. The molecule has 0 aromatic heterocycles. The van der Waals surface area contributed by atoms with Crippen molar-refractivity contribution in [2.24, 2.45) is 0 Å². The second kappa shape index (κ2) is 8.15. The summed E-state index contributed by atoms with van der Waals surface area (Å²) >= 11 is 0. The van der Waals surface area contributed by atoms with Gasteiger partial charge in [0.15, 0.2) is 0 Å². The molecule has 8 aromatic rings. The van der Waals surface area contributed by atoms with Gasteiger partial charge >= 0.3 is 11.9 Å². The minimum absolute atomic E-state index is 0.366. The van der Waals surface area contributed by atoms with Gasteiger partial charge in [0.05, 0.1) is 11.1 Å². The Kier molecular flexibility index (Phi) is 4.72. The largest absolute Gasteiger partial charge is 0.478 e. The number of hydrogen-bond acceptors (Lipinski definition) is 2. The number of benzene rings is 8. The lowest BCUT2D eigenvalue weighted by Crippen LogP contribution is -1.98. The lowest BCUT2D eigenvalue weighted by Gasteiger charge is -2.11. The highest BCUT2D eigenvalue weighted by molar-refractivity contribution is 6.27. The van der Waals surface area contributed by atoms with Crippen LogP contribution in [0.1, 0.15) is 20.7 Å². The highest BCUT2D eigenvalue weighted by atomic mass is 16.4. The Balaban J connectivity index is 0.000000127. The first-order valence-electron chi connectivity index (χ1n) is 12.3. The van der Waals surface area contributed by atoms with E-state index < -0.39 is 11.9 Å². The molecule has 0 aliphatic rings. The third kappa shape index (κ3) is 3.17. The van der Waals surface area contributed by atoms with E-state index >= 15 is 0 Å². The van der Waals surface area contributed by atoms with E-state index in [1.54, 1.807) is 12.1 Å². The minimum Gasteiger partial charge on any atom is -0.478 e. The number of hydrogen-bond donors (Lipinski definition) is 2. The van der Waals surface area contributed by atoms with Crippen molar-refractivity contribution < 1.29 is 19.8 Å². The van der Waals surface area contributed by atoms with E-state index in [1.807, 2.05) is 48.5 Å². The fourth-order valence-corrected chi connectivity index (χ4v) is 5.84. The Labute approximate surface area is 216 Å². The van der Waals surface area contributed by atoms with Crippen LogP contribution in [0.15, 0.2) is 109 Å². The molecule has 180 valence electrons. The third-order valence-electron chi connectivity index (χ3n) is 7.52. The minimum atomic E-state index is -0.877. The summed E-state index contributed by atoms with van der Waals surface area (Å²) in [4.78, 5) is 22.7. The number of carboxylic acids is 2. The molecule has 8 rings (SSSR count). The molecule has 38 heavy (non-hydrogen) atoms. The summed E-state index contributed by atoms with van der Waals surface area (Å²) in [6, 6.07) is 35.5. The van der Waals surface area contributed by atoms with Crippen molar-refractivity contribution in [2.75, 3.05) is 0 Å². The Hall–Kier alpha value is -5.22. The first kappa shape index (κ1) is 22.0. The van der Waals surface area contributed by atoms with Gasteiger partial charge in [0, 0.05) is 0 Å². The smallest absolute Gasteiger partial charge is 0.336 e. The molecule has 0 saturated carbocycles. The van der Waals surface area contributed by atoms with Crippen LogP contribution in [0.2, 0.25) is 0 Å². The van der Waals surface area contributed by atoms with Crippen LogP contribution in [0.25, 0.3) is 64.6 Å². The number of carboxylic acid groups (broad SMARTS) is 2. The third-order valence-corrected chi connectivity index (χ3v) is 7.52. The van der Waals surface area contributed by atoms with Gasteiger partial charge in [-0.15, -0.1) is 0 Å². The summed E-state index contributed by atoms with van der Waals surface area (Å²) in [7, 11) is 0. The molecule has 0 aliphatic heterocycles. The molecule has 0 heterocycles. The van der Waals surface area contributed by atoms with Crippen LogP contribution < -0.4 is 0 Å². The highest BCUT2D eigenvalue weighted by Crippen LogP contribution is 2.37. The van der Waals surface area contributed by atoms with Gasteiger partial charge in [0.1, 0.15) is 0 Å². The summed E-state index contributed by atoms with van der Waals surface area (Å²) < 4.78 is 0. The molecule has 0 atom stereocenters. The number of rotatable bonds is 2. The fraction of sp³-hybridized carbons (Fsp3) is 0. The van der Waals surface area contributed by atoms with Gasteiger partial charge in [-0.25, -0.2) is 9.59 Å².